The Balaban J connectivity index is 2.00. The van der Waals surface area contributed by atoms with Crippen molar-refractivity contribution in [2.75, 3.05) is 33.7 Å². The van der Waals surface area contributed by atoms with Gasteiger partial charge in [-0.2, -0.15) is 0 Å². The van der Waals surface area contributed by atoms with Crippen LogP contribution in [0, 0.1) is 5.92 Å². The highest BCUT2D eigenvalue weighted by atomic mass is 16.2. The smallest absolute Gasteiger partial charge is 0.240 e. The molecule has 1 aliphatic heterocycles. The Hall–Kier alpha value is -0.610. The van der Waals surface area contributed by atoms with Crippen LogP contribution >= 0.6 is 0 Å². The molecular weight excluding hydrogens is 238 g/mol. The molecule has 4 nitrogen and oxygen atoms in total. The van der Waals surface area contributed by atoms with Gasteiger partial charge in [-0.05, 0) is 45.8 Å². The van der Waals surface area contributed by atoms with Gasteiger partial charge in [0.05, 0.1) is 6.04 Å². The maximum atomic E-state index is 12.8. The van der Waals surface area contributed by atoms with Crippen molar-refractivity contribution in [2.45, 2.75) is 51.1 Å². The molecule has 1 N–H and O–H groups in total. The van der Waals surface area contributed by atoms with Crippen LogP contribution in [0.2, 0.25) is 0 Å². The highest BCUT2D eigenvalue weighted by Gasteiger charge is 2.35. The summed E-state index contributed by atoms with van der Waals surface area (Å²) in [6.07, 6.45) is 6.08. The number of carbonyl (C=O) groups excluding carboxylic acids is 1. The van der Waals surface area contributed by atoms with Gasteiger partial charge >= 0.3 is 0 Å². The second-order valence-electron chi connectivity index (χ2n) is 6.47. The summed E-state index contributed by atoms with van der Waals surface area (Å²) in [7, 11) is 4.15. The van der Waals surface area contributed by atoms with Gasteiger partial charge in [-0.15, -0.1) is 0 Å². The Morgan fingerprint density at radius 1 is 1.16 bits per heavy atom. The van der Waals surface area contributed by atoms with E-state index < -0.39 is 0 Å². The van der Waals surface area contributed by atoms with Crippen LogP contribution in [0.3, 0.4) is 0 Å². The largest absolute Gasteiger partial charge is 0.337 e. The maximum absolute atomic E-state index is 12.8. The van der Waals surface area contributed by atoms with Gasteiger partial charge in [0.2, 0.25) is 5.91 Å². The first-order valence-electron chi connectivity index (χ1n) is 7.78. The van der Waals surface area contributed by atoms with Crippen molar-refractivity contribution < 1.29 is 4.79 Å². The number of hydrogen-bond acceptors (Lipinski definition) is 3. The first-order valence-corrected chi connectivity index (χ1v) is 7.78. The molecule has 1 saturated carbocycles. The van der Waals surface area contributed by atoms with E-state index in [4.69, 9.17) is 0 Å². The van der Waals surface area contributed by atoms with Gasteiger partial charge in [-0.3, -0.25) is 4.79 Å². The van der Waals surface area contributed by atoms with Crippen LogP contribution in [0.25, 0.3) is 0 Å². The highest BCUT2D eigenvalue weighted by molar-refractivity contribution is 5.83. The first kappa shape index (κ1) is 14.8. The third-order valence-electron chi connectivity index (χ3n) is 4.64. The van der Waals surface area contributed by atoms with Crippen molar-refractivity contribution in [3.05, 3.63) is 0 Å². The summed E-state index contributed by atoms with van der Waals surface area (Å²) in [4.78, 5) is 17.1. The van der Waals surface area contributed by atoms with Gasteiger partial charge < -0.3 is 15.1 Å². The van der Waals surface area contributed by atoms with Crippen LogP contribution in [0.5, 0.6) is 0 Å². The van der Waals surface area contributed by atoms with E-state index in [0.717, 1.165) is 26.1 Å². The molecule has 2 atom stereocenters. The van der Waals surface area contributed by atoms with E-state index in [-0.39, 0.29) is 6.04 Å². The summed E-state index contributed by atoms with van der Waals surface area (Å²) in [5.41, 5.74) is 0. The predicted octanol–water partition coefficient (Wildman–Crippen LogP) is 1.32. The van der Waals surface area contributed by atoms with E-state index in [0.29, 0.717) is 17.9 Å². The van der Waals surface area contributed by atoms with Crippen molar-refractivity contribution >= 4 is 5.91 Å². The lowest BCUT2D eigenvalue weighted by Crippen LogP contribution is -2.51. The summed E-state index contributed by atoms with van der Waals surface area (Å²) in [5, 5.41) is 3.39. The molecule has 2 fully saturated rings. The molecule has 0 bridgehead atoms. The Bertz CT molecular complexity index is 300. The fourth-order valence-corrected chi connectivity index (χ4v) is 3.34. The molecule has 0 spiro atoms. The minimum absolute atomic E-state index is 0.0581. The van der Waals surface area contributed by atoms with Crippen LogP contribution in [-0.4, -0.2) is 61.5 Å². The lowest BCUT2D eigenvalue weighted by molar-refractivity contribution is -0.136. The second-order valence-corrected chi connectivity index (χ2v) is 6.47. The van der Waals surface area contributed by atoms with Crippen molar-refractivity contribution in [3.8, 4) is 0 Å². The molecule has 0 aromatic carbocycles. The maximum Gasteiger partial charge on any atom is 0.240 e. The molecule has 19 heavy (non-hydrogen) atoms. The normalized spacial score (nSPS) is 28.2. The fourth-order valence-electron chi connectivity index (χ4n) is 3.34. The first-order chi connectivity index (χ1) is 9.09. The molecule has 1 amide bonds. The lowest BCUT2D eigenvalue weighted by atomic mass is 10.0. The zero-order chi connectivity index (χ0) is 13.8. The van der Waals surface area contributed by atoms with E-state index in [9.17, 15) is 4.79 Å². The van der Waals surface area contributed by atoms with Gasteiger partial charge in [0, 0.05) is 19.1 Å². The van der Waals surface area contributed by atoms with E-state index in [2.05, 4.69) is 36.1 Å². The summed E-state index contributed by atoms with van der Waals surface area (Å²) < 4.78 is 0. The third-order valence-corrected chi connectivity index (χ3v) is 4.64. The Morgan fingerprint density at radius 3 is 2.37 bits per heavy atom. The lowest BCUT2D eigenvalue weighted by Gasteiger charge is -2.33. The second kappa shape index (κ2) is 6.71. The van der Waals surface area contributed by atoms with E-state index in [1.54, 1.807) is 0 Å². The number of likely N-dealkylation sites (N-methyl/N-ethyl adjacent to an activating group) is 1. The van der Waals surface area contributed by atoms with Gasteiger partial charge in [-0.1, -0.05) is 19.8 Å². The van der Waals surface area contributed by atoms with Crippen molar-refractivity contribution in [3.63, 3.8) is 0 Å². The molecule has 1 saturated heterocycles. The standard InChI is InChI=1S/C15H29N3O/c1-12-8-9-16-14(12)15(19)18(11-10-17(2)3)13-6-4-5-7-13/h12-14,16H,4-11H2,1-3H3. The number of hydrogen-bond donors (Lipinski definition) is 1. The monoisotopic (exact) mass is 267 g/mol. The summed E-state index contributed by atoms with van der Waals surface area (Å²) in [6, 6.07) is 0.546. The molecule has 2 aliphatic rings. The van der Waals surface area contributed by atoms with Gasteiger partial charge in [-0.25, -0.2) is 0 Å². The number of rotatable bonds is 5. The molecule has 2 unspecified atom stereocenters. The third kappa shape index (κ3) is 3.69. The van der Waals surface area contributed by atoms with Crippen LogP contribution in [0.1, 0.15) is 39.0 Å². The van der Waals surface area contributed by atoms with Gasteiger partial charge in [0.25, 0.3) is 0 Å². The van der Waals surface area contributed by atoms with Crippen LogP contribution < -0.4 is 5.32 Å². The van der Waals surface area contributed by atoms with E-state index in [1.807, 2.05) is 0 Å². The SMILES string of the molecule is CC1CCNC1C(=O)N(CCN(C)C)C1CCCC1. The molecule has 2 rings (SSSR count). The molecule has 0 aromatic rings. The Kier molecular flexibility index (Phi) is 5.22. The number of nitrogens with zero attached hydrogens (tertiary/aromatic N) is 2. The molecular formula is C15H29N3O. The quantitative estimate of drug-likeness (QED) is 0.816. The number of amides is 1. The zero-order valence-corrected chi connectivity index (χ0v) is 12.7. The molecule has 4 heteroatoms. The molecule has 0 radical (unpaired) electrons. The molecule has 1 heterocycles. The number of carbonyl (C=O) groups is 1. The molecule has 1 aliphatic carbocycles. The summed E-state index contributed by atoms with van der Waals surface area (Å²) in [5.74, 6) is 0.828. The van der Waals surface area contributed by atoms with Gasteiger partial charge in [0.15, 0.2) is 0 Å². The fraction of sp³-hybridized carbons (Fsp3) is 0.933. The zero-order valence-electron chi connectivity index (χ0n) is 12.7. The van der Waals surface area contributed by atoms with E-state index in [1.165, 1.54) is 25.7 Å². The minimum Gasteiger partial charge on any atom is -0.337 e. The van der Waals surface area contributed by atoms with Crippen molar-refractivity contribution in [2.24, 2.45) is 5.92 Å². The van der Waals surface area contributed by atoms with Crippen LogP contribution in [0.4, 0.5) is 0 Å². The average molecular weight is 267 g/mol. The Labute approximate surface area is 117 Å². The molecule has 0 aromatic heterocycles. The number of nitrogens with one attached hydrogen (secondary N) is 1. The Morgan fingerprint density at radius 2 is 1.84 bits per heavy atom. The summed E-state index contributed by atoms with van der Waals surface area (Å²) >= 11 is 0. The van der Waals surface area contributed by atoms with Crippen molar-refractivity contribution in [1.82, 2.24) is 15.1 Å². The average Bonchev–Trinajstić information content (AvgIpc) is 3.00. The minimum atomic E-state index is 0.0581. The summed E-state index contributed by atoms with van der Waals surface area (Å²) in [6.45, 7) is 5.02. The van der Waals surface area contributed by atoms with Gasteiger partial charge in [0.1, 0.15) is 0 Å². The highest BCUT2D eigenvalue weighted by Crippen LogP contribution is 2.26. The topological polar surface area (TPSA) is 35.6 Å². The van der Waals surface area contributed by atoms with E-state index >= 15 is 0 Å². The van der Waals surface area contributed by atoms with Crippen molar-refractivity contribution in [1.29, 1.82) is 0 Å². The molecule has 110 valence electrons. The van der Waals surface area contributed by atoms with Crippen LogP contribution in [0.15, 0.2) is 0 Å². The van der Waals surface area contributed by atoms with Crippen LogP contribution in [-0.2, 0) is 4.79 Å². The predicted molar refractivity (Wildman–Crippen MR) is 78.1 cm³/mol.